The summed E-state index contributed by atoms with van der Waals surface area (Å²) in [7, 11) is 0. The zero-order chi connectivity index (χ0) is 23.6. The lowest BCUT2D eigenvalue weighted by molar-refractivity contribution is -0.385. The number of ether oxygens (including phenoxy) is 2. The SMILES string of the molecule is Cc1ccccc1.O=[N+]([O-])c1ccc(Oc2ccc(Oc3ccc([N+](=O)[O-])cc3)cc2)cc1. The average Bonchev–Trinajstić information content (AvgIpc) is 2.82. The van der Waals surface area contributed by atoms with E-state index in [1.54, 1.807) is 24.3 Å². The van der Waals surface area contributed by atoms with Gasteiger partial charge in [-0.05, 0) is 55.5 Å². The van der Waals surface area contributed by atoms with E-state index >= 15 is 0 Å². The van der Waals surface area contributed by atoms with Crippen molar-refractivity contribution in [1.82, 2.24) is 0 Å². The Bertz CT molecular complexity index is 1110. The number of non-ortho nitro benzene ring substituents is 2. The number of hydrogen-bond donors (Lipinski definition) is 0. The van der Waals surface area contributed by atoms with Crippen molar-refractivity contribution in [3.63, 3.8) is 0 Å². The Hall–Kier alpha value is -4.72. The second kappa shape index (κ2) is 11.1. The fraction of sp³-hybridized carbons (Fsp3) is 0.0400. The van der Waals surface area contributed by atoms with Gasteiger partial charge in [0.05, 0.1) is 9.85 Å². The first-order valence-corrected chi connectivity index (χ1v) is 9.87. The third-order valence-corrected chi connectivity index (χ3v) is 4.33. The molecule has 0 bridgehead atoms. The van der Waals surface area contributed by atoms with Crippen molar-refractivity contribution in [3.05, 3.63) is 129 Å². The zero-order valence-corrected chi connectivity index (χ0v) is 17.7. The van der Waals surface area contributed by atoms with Gasteiger partial charge in [0.25, 0.3) is 11.4 Å². The first-order chi connectivity index (χ1) is 15.9. The van der Waals surface area contributed by atoms with Gasteiger partial charge >= 0.3 is 0 Å². The molecule has 166 valence electrons. The fourth-order valence-electron chi connectivity index (χ4n) is 2.65. The molecule has 0 saturated carbocycles. The molecule has 4 aromatic rings. The Morgan fingerprint density at radius 3 is 1.06 bits per heavy atom. The maximum absolute atomic E-state index is 10.6. The summed E-state index contributed by atoms with van der Waals surface area (Å²) >= 11 is 0. The lowest BCUT2D eigenvalue weighted by Gasteiger charge is -2.08. The van der Waals surface area contributed by atoms with Crippen LogP contribution in [0.3, 0.4) is 0 Å². The largest absolute Gasteiger partial charge is 0.457 e. The third-order valence-electron chi connectivity index (χ3n) is 4.33. The van der Waals surface area contributed by atoms with Gasteiger partial charge in [-0.3, -0.25) is 20.2 Å². The van der Waals surface area contributed by atoms with E-state index in [2.05, 4.69) is 19.1 Å². The summed E-state index contributed by atoms with van der Waals surface area (Å²) in [5, 5.41) is 21.3. The minimum Gasteiger partial charge on any atom is -0.457 e. The van der Waals surface area contributed by atoms with Crippen LogP contribution >= 0.6 is 0 Å². The van der Waals surface area contributed by atoms with Crippen LogP contribution in [0.4, 0.5) is 11.4 Å². The fourth-order valence-corrected chi connectivity index (χ4v) is 2.65. The van der Waals surface area contributed by atoms with Gasteiger partial charge in [0, 0.05) is 24.3 Å². The number of rotatable bonds is 6. The molecule has 0 amide bonds. The molecule has 0 heterocycles. The van der Waals surface area contributed by atoms with Gasteiger partial charge in [-0.1, -0.05) is 35.9 Å². The highest BCUT2D eigenvalue weighted by atomic mass is 16.6. The molecule has 0 aliphatic carbocycles. The smallest absolute Gasteiger partial charge is 0.269 e. The molecular weight excluding hydrogens is 424 g/mol. The molecule has 0 fully saturated rings. The molecule has 0 N–H and O–H groups in total. The maximum Gasteiger partial charge on any atom is 0.269 e. The Morgan fingerprint density at radius 1 is 0.515 bits per heavy atom. The molecule has 8 heteroatoms. The van der Waals surface area contributed by atoms with Crippen molar-refractivity contribution in [2.75, 3.05) is 0 Å². The Kier molecular flexibility index (Phi) is 7.69. The van der Waals surface area contributed by atoms with E-state index in [1.165, 1.54) is 54.1 Å². The lowest BCUT2D eigenvalue weighted by Crippen LogP contribution is -1.89. The monoisotopic (exact) mass is 444 g/mol. The van der Waals surface area contributed by atoms with Gasteiger partial charge in [0.2, 0.25) is 0 Å². The van der Waals surface area contributed by atoms with E-state index in [1.807, 2.05) is 18.2 Å². The minimum atomic E-state index is -0.478. The quantitative estimate of drug-likeness (QED) is 0.232. The predicted octanol–water partition coefficient (Wildman–Crippen LogP) is 7.08. The molecule has 0 saturated heterocycles. The second-order valence-electron chi connectivity index (χ2n) is 6.83. The van der Waals surface area contributed by atoms with Crippen molar-refractivity contribution < 1.29 is 19.3 Å². The summed E-state index contributed by atoms with van der Waals surface area (Å²) in [5.41, 5.74) is 1.30. The van der Waals surface area contributed by atoms with Crippen LogP contribution in [0, 0.1) is 27.2 Å². The van der Waals surface area contributed by atoms with Gasteiger partial charge in [-0.2, -0.15) is 0 Å². The van der Waals surface area contributed by atoms with Crippen LogP contribution in [-0.4, -0.2) is 9.85 Å². The normalized spacial score (nSPS) is 9.85. The Balaban J connectivity index is 0.000000374. The van der Waals surface area contributed by atoms with Crippen molar-refractivity contribution in [3.8, 4) is 23.0 Å². The first-order valence-electron chi connectivity index (χ1n) is 9.87. The maximum atomic E-state index is 10.6. The van der Waals surface area contributed by atoms with E-state index in [9.17, 15) is 20.2 Å². The molecule has 0 spiro atoms. The van der Waals surface area contributed by atoms with Crippen LogP contribution in [0.2, 0.25) is 0 Å². The van der Waals surface area contributed by atoms with Gasteiger partial charge in [-0.25, -0.2) is 0 Å². The molecule has 0 atom stereocenters. The van der Waals surface area contributed by atoms with Gasteiger partial charge < -0.3 is 9.47 Å². The first kappa shape index (κ1) is 23.0. The molecule has 4 rings (SSSR count). The second-order valence-corrected chi connectivity index (χ2v) is 6.83. The number of benzene rings is 4. The molecule has 0 radical (unpaired) electrons. The molecule has 0 aliphatic heterocycles. The van der Waals surface area contributed by atoms with Crippen molar-refractivity contribution >= 4 is 11.4 Å². The van der Waals surface area contributed by atoms with Crippen LogP contribution in [0.15, 0.2) is 103 Å². The topological polar surface area (TPSA) is 105 Å². The average molecular weight is 444 g/mol. The lowest BCUT2D eigenvalue weighted by atomic mass is 10.2. The molecular formula is C25H20N2O6. The van der Waals surface area contributed by atoms with E-state index in [0.29, 0.717) is 23.0 Å². The van der Waals surface area contributed by atoms with Crippen LogP contribution in [0.5, 0.6) is 23.0 Å². The summed E-state index contributed by atoms with van der Waals surface area (Å²) in [6.45, 7) is 2.08. The molecule has 0 aromatic heterocycles. The predicted molar refractivity (Wildman–Crippen MR) is 124 cm³/mol. The number of aryl methyl sites for hydroxylation is 1. The summed E-state index contributed by atoms with van der Waals surface area (Å²) in [4.78, 5) is 20.3. The number of nitro groups is 2. The van der Waals surface area contributed by atoms with Crippen LogP contribution < -0.4 is 9.47 Å². The van der Waals surface area contributed by atoms with Crippen molar-refractivity contribution in [2.24, 2.45) is 0 Å². The number of nitro benzene ring substituents is 2. The highest BCUT2D eigenvalue weighted by molar-refractivity contribution is 5.42. The van der Waals surface area contributed by atoms with E-state index in [0.717, 1.165) is 0 Å². The van der Waals surface area contributed by atoms with Crippen molar-refractivity contribution in [1.29, 1.82) is 0 Å². The molecule has 8 nitrogen and oxygen atoms in total. The van der Waals surface area contributed by atoms with Crippen LogP contribution in [0.1, 0.15) is 5.56 Å². The summed E-state index contributed by atoms with van der Waals surface area (Å²) in [5.74, 6) is 2.02. The Morgan fingerprint density at radius 2 is 0.818 bits per heavy atom. The molecule has 4 aromatic carbocycles. The molecule has 33 heavy (non-hydrogen) atoms. The summed E-state index contributed by atoms with van der Waals surface area (Å²) in [6.07, 6.45) is 0. The third kappa shape index (κ3) is 7.18. The van der Waals surface area contributed by atoms with Gasteiger partial charge in [-0.15, -0.1) is 0 Å². The van der Waals surface area contributed by atoms with Crippen LogP contribution in [-0.2, 0) is 0 Å². The number of nitrogens with zero attached hydrogens (tertiary/aromatic N) is 2. The minimum absolute atomic E-state index is 0.0100. The van der Waals surface area contributed by atoms with E-state index < -0.39 is 9.85 Å². The number of hydrogen-bond acceptors (Lipinski definition) is 6. The highest BCUT2D eigenvalue weighted by Crippen LogP contribution is 2.28. The van der Waals surface area contributed by atoms with Gasteiger partial charge in [0.1, 0.15) is 23.0 Å². The van der Waals surface area contributed by atoms with Crippen molar-refractivity contribution in [2.45, 2.75) is 6.92 Å². The summed E-state index contributed by atoms with van der Waals surface area (Å²) < 4.78 is 11.2. The summed E-state index contributed by atoms with van der Waals surface area (Å²) in [6, 6.07) is 28.5. The van der Waals surface area contributed by atoms with Crippen LogP contribution in [0.25, 0.3) is 0 Å². The Labute approximate surface area is 190 Å². The van der Waals surface area contributed by atoms with Gasteiger partial charge in [0.15, 0.2) is 0 Å². The van der Waals surface area contributed by atoms with E-state index in [4.69, 9.17) is 9.47 Å². The highest BCUT2D eigenvalue weighted by Gasteiger charge is 2.07. The molecule has 0 aliphatic rings. The molecule has 0 unspecified atom stereocenters. The van der Waals surface area contributed by atoms with E-state index in [-0.39, 0.29) is 11.4 Å². The zero-order valence-electron chi connectivity index (χ0n) is 17.7. The standard InChI is InChI=1S/C18H12N2O6.C7H8/c21-19(22)13-1-5-15(6-2-13)25-17-9-11-18(12-10-17)26-16-7-3-14(4-8-16)20(23)24;1-7-5-3-2-4-6-7/h1-12H;2-6H,1H3.